The smallest absolute Gasteiger partial charge is 0.325 e. The normalized spacial score (nSPS) is 11.7. The lowest BCUT2D eigenvalue weighted by molar-refractivity contribution is -0.138. The molecular weight excluding hydrogens is 254 g/mol. The number of carboxylic acids is 1. The zero-order valence-electron chi connectivity index (χ0n) is 11.0. The maximum Gasteiger partial charge on any atom is 0.325 e. The lowest BCUT2D eigenvalue weighted by atomic mass is 10.0. The minimum absolute atomic E-state index is 0.389. The summed E-state index contributed by atoms with van der Waals surface area (Å²) in [7, 11) is 0. The Kier molecular flexibility index (Phi) is 4.15. The summed E-state index contributed by atoms with van der Waals surface area (Å²) in [6.07, 6.45) is 0. The molecule has 2 aromatic carbocycles. The van der Waals surface area contributed by atoms with Crippen molar-refractivity contribution in [1.29, 1.82) is 0 Å². The molecule has 0 unspecified atom stereocenters. The van der Waals surface area contributed by atoms with E-state index < -0.39 is 12.0 Å². The molecule has 1 atom stereocenters. The zero-order valence-corrected chi connectivity index (χ0v) is 11.0. The monoisotopic (exact) mass is 269 g/mol. The van der Waals surface area contributed by atoms with E-state index >= 15 is 0 Å². The number of carbonyl (C=O) groups is 2. The van der Waals surface area contributed by atoms with Crippen LogP contribution in [0, 0.1) is 0 Å². The fourth-order valence-corrected chi connectivity index (χ4v) is 1.79. The van der Waals surface area contributed by atoms with Crippen LogP contribution in [0.15, 0.2) is 54.6 Å². The second-order valence-electron chi connectivity index (χ2n) is 4.48. The Morgan fingerprint density at radius 3 is 2.05 bits per heavy atom. The van der Waals surface area contributed by atoms with Gasteiger partial charge in [0.2, 0.25) is 0 Å². The van der Waals surface area contributed by atoms with Crippen molar-refractivity contribution in [3.05, 3.63) is 60.2 Å². The third kappa shape index (κ3) is 3.23. The van der Waals surface area contributed by atoms with Gasteiger partial charge in [0.05, 0.1) is 0 Å². The number of hydrogen-bond donors (Lipinski definition) is 2. The van der Waals surface area contributed by atoms with Gasteiger partial charge in [-0.2, -0.15) is 0 Å². The highest BCUT2D eigenvalue weighted by Crippen LogP contribution is 2.19. The fraction of sp³-hybridized carbons (Fsp3) is 0.125. The highest BCUT2D eigenvalue weighted by Gasteiger charge is 2.15. The molecule has 0 saturated heterocycles. The van der Waals surface area contributed by atoms with Gasteiger partial charge in [-0.1, -0.05) is 42.5 Å². The first-order chi connectivity index (χ1) is 9.58. The highest BCUT2D eigenvalue weighted by atomic mass is 16.4. The van der Waals surface area contributed by atoms with Crippen LogP contribution in [0.2, 0.25) is 0 Å². The molecule has 2 aromatic rings. The lowest BCUT2D eigenvalue weighted by Gasteiger charge is -2.09. The summed E-state index contributed by atoms with van der Waals surface area (Å²) < 4.78 is 0. The summed E-state index contributed by atoms with van der Waals surface area (Å²) in [6, 6.07) is 16.0. The van der Waals surface area contributed by atoms with Gasteiger partial charge in [-0.25, -0.2) is 0 Å². The van der Waals surface area contributed by atoms with Gasteiger partial charge in [0, 0.05) is 5.56 Å². The average Bonchev–Trinajstić information content (AvgIpc) is 2.48. The van der Waals surface area contributed by atoms with E-state index in [9.17, 15) is 9.59 Å². The minimum atomic E-state index is -1.06. The van der Waals surface area contributed by atoms with E-state index in [4.69, 9.17) is 5.11 Å². The SMILES string of the molecule is C[C@@H](NC(=O)c1ccc(-c2ccccc2)cc1)C(=O)O. The molecule has 4 heteroatoms. The van der Waals surface area contributed by atoms with Gasteiger partial charge in [0.1, 0.15) is 6.04 Å². The lowest BCUT2D eigenvalue weighted by Crippen LogP contribution is -2.38. The molecule has 20 heavy (non-hydrogen) atoms. The van der Waals surface area contributed by atoms with Crippen molar-refractivity contribution in [3.63, 3.8) is 0 Å². The Bertz CT molecular complexity index is 605. The molecule has 2 rings (SSSR count). The summed E-state index contributed by atoms with van der Waals surface area (Å²) >= 11 is 0. The molecule has 0 aliphatic carbocycles. The van der Waals surface area contributed by atoms with Crippen molar-refractivity contribution < 1.29 is 14.7 Å². The first-order valence-corrected chi connectivity index (χ1v) is 6.27. The standard InChI is InChI=1S/C16H15NO3/c1-11(16(19)20)17-15(18)14-9-7-13(8-10-14)12-5-3-2-4-6-12/h2-11H,1H3,(H,17,18)(H,19,20)/t11-/m1/s1. The van der Waals surface area contributed by atoms with Gasteiger partial charge < -0.3 is 10.4 Å². The zero-order chi connectivity index (χ0) is 14.5. The number of hydrogen-bond acceptors (Lipinski definition) is 2. The van der Waals surface area contributed by atoms with Crippen LogP contribution in [0.4, 0.5) is 0 Å². The molecule has 0 spiro atoms. The Labute approximate surface area is 117 Å². The molecule has 0 fully saturated rings. The molecule has 0 aliphatic rings. The Morgan fingerprint density at radius 1 is 0.950 bits per heavy atom. The third-order valence-electron chi connectivity index (χ3n) is 2.97. The molecule has 102 valence electrons. The maximum absolute atomic E-state index is 11.8. The van der Waals surface area contributed by atoms with Crippen LogP contribution in [0.5, 0.6) is 0 Å². The summed E-state index contributed by atoms with van der Waals surface area (Å²) in [4.78, 5) is 22.5. The molecule has 0 heterocycles. The van der Waals surface area contributed by atoms with E-state index in [0.29, 0.717) is 5.56 Å². The van der Waals surface area contributed by atoms with E-state index in [1.807, 2.05) is 42.5 Å². The Morgan fingerprint density at radius 2 is 1.50 bits per heavy atom. The molecular formula is C16H15NO3. The van der Waals surface area contributed by atoms with Crippen molar-refractivity contribution in [1.82, 2.24) is 5.32 Å². The van der Waals surface area contributed by atoms with Gasteiger partial charge in [-0.05, 0) is 30.2 Å². The van der Waals surface area contributed by atoms with Gasteiger partial charge >= 0.3 is 5.97 Å². The summed E-state index contributed by atoms with van der Waals surface area (Å²) in [5.74, 6) is -1.45. The number of carbonyl (C=O) groups excluding carboxylic acids is 1. The van der Waals surface area contributed by atoms with Crippen LogP contribution < -0.4 is 5.32 Å². The predicted molar refractivity (Wildman–Crippen MR) is 76.4 cm³/mol. The molecule has 4 nitrogen and oxygen atoms in total. The van der Waals surface area contributed by atoms with Gasteiger partial charge in [-0.15, -0.1) is 0 Å². The first-order valence-electron chi connectivity index (χ1n) is 6.27. The molecule has 0 aromatic heterocycles. The number of nitrogens with one attached hydrogen (secondary N) is 1. The van der Waals surface area contributed by atoms with Crippen molar-refractivity contribution in [2.45, 2.75) is 13.0 Å². The number of amides is 1. The van der Waals surface area contributed by atoms with E-state index in [2.05, 4.69) is 5.32 Å². The van der Waals surface area contributed by atoms with Crippen molar-refractivity contribution in [3.8, 4) is 11.1 Å². The molecule has 1 amide bonds. The van der Waals surface area contributed by atoms with Gasteiger partial charge in [0.25, 0.3) is 5.91 Å². The number of carboxylic acid groups (broad SMARTS) is 1. The van der Waals surface area contributed by atoms with Gasteiger partial charge in [0.15, 0.2) is 0 Å². The van der Waals surface area contributed by atoms with Gasteiger partial charge in [-0.3, -0.25) is 9.59 Å². The van der Waals surface area contributed by atoms with Crippen LogP contribution in [0.1, 0.15) is 17.3 Å². The molecule has 0 aliphatic heterocycles. The minimum Gasteiger partial charge on any atom is -0.480 e. The number of rotatable bonds is 4. The molecule has 0 radical (unpaired) electrons. The van der Waals surface area contributed by atoms with Crippen molar-refractivity contribution in [2.75, 3.05) is 0 Å². The van der Waals surface area contributed by atoms with Crippen LogP contribution in [0.25, 0.3) is 11.1 Å². The second kappa shape index (κ2) is 6.02. The first kappa shape index (κ1) is 13.8. The fourth-order valence-electron chi connectivity index (χ4n) is 1.79. The van der Waals surface area contributed by atoms with Crippen LogP contribution in [0.3, 0.4) is 0 Å². The topological polar surface area (TPSA) is 66.4 Å². The van der Waals surface area contributed by atoms with E-state index in [0.717, 1.165) is 11.1 Å². The largest absolute Gasteiger partial charge is 0.480 e. The van der Waals surface area contributed by atoms with Crippen LogP contribution in [-0.4, -0.2) is 23.0 Å². The summed E-state index contributed by atoms with van der Waals surface area (Å²) in [5, 5.41) is 11.2. The highest BCUT2D eigenvalue weighted by molar-refractivity contribution is 5.96. The molecule has 0 bridgehead atoms. The Balaban J connectivity index is 2.12. The third-order valence-corrected chi connectivity index (χ3v) is 2.97. The van der Waals surface area contributed by atoms with Crippen LogP contribution in [-0.2, 0) is 4.79 Å². The van der Waals surface area contributed by atoms with Crippen molar-refractivity contribution >= 4 is 11.9 Å². The predicted octanol–water partition coefficient (Wildman–Crippen LogP) is 2.56. The summed E-state index contributed by atoms with van der Waals surface area (Å²) in [5.41, 5.74) is 2.52. The number of aliphatic carboxylic acids is 1. The summed E-state index contributed by atoms with van der Waals surface area (Å²) in [6.45, 7) is 1.43. The van der Waals surface area contributed by atoms with Crippen molar-refractivity contribution in [2.24, 2.45) is 0 Å². The average molecular weight is 269 g/mol. The Hall–Kier alpha value is -2.62. The van der Waals surface area contributed by atoms with Crippen LogP contribution >= 0.6 is 0 Å². The quantitative estimate of drug-likeness (QED) is 0.896. The molecule has 0 saturated carbocycles. The van der Waals surface area contributed by atoms with E-state index in [1.54, 1.807) is 12.1 Å². The maximum atomic E-state index is 11.8. The van der Waals surface area contributed by atoms with E-state index in [1.165, 1.54) is 6.92 Å². The molecule has 2 N–H and O–H groups in total. The second-order valence-corrected chi connectivity index (χ2v) is 4.48. The number of benzene rings is 2. The van der Waals surface area contributed by atoms with E-state index in [-0.39, 0.29) is 5.91 Å².